The summed E-state index contributed by atoms with van der Waals surface area (Å²) in [5.74, 6) is -1.34. The molecule has 4 aromatic rings. The Labute approximate surface area is 206 Å². The van der Waals surface area contributed by atoms with Crippen LogP contribution < -0.4 is 10.6 Å². The molecule has 0 unspecified atom stereocenters. The molecule has 0 bridgehead atoms. The van der Waals surface area contributed by atoms with E-state index in [1.165, 1.54) is 18.2 Å². The third-order valence-electron chi connectivity index (χ3n) is 6.65. The van der Waals surface area contributed by atoms with Crippen molar-refractivity contribution < 1.29 is 19.0 Å². The molecular formula is C28H24F2N4O2. The summed E-state index contributed by atoms with van der Waals surface area (Å²) >= 11 is 0. The molecule has 1 fully saturated rings. The van der Waals surface area contributed by atoms with Gasteiger partial charge in [-0.15, -0.1) is 0 Å². The van der Waals surface area contributed by atoms with Crippen molar-refractivity contribution in [2.45, 2.75) is 25.5 Å². The molecule has 5 rings (SSSR count). The number of halogens is 2. The Bertz CT molecular complexity index is 1510. The Hall–Kier alpha value is -4.06. The average Bonchev–Trinajstić information content (AvgIpc) is 2.85. The molecule has 0 radical (unpaired) electrons. The maximum Gasteiger partial charge on any atom is 0.141 e. The summed E-state index contributed by atoms with van der Waals surface area (Å²) in [5, 5.41) is 31.1. The van der Waals surface area contributed by atoms with Crippen LogP contribution in [0.15, 0.2) is 54.7 Å². The zero-order valence-electron chi connectivity index (χ0n) is 19.5. The minimum atomic E-state index is -0.752. The Morgan fingerprint density at radius 3 is 2.56 bits per heavy atom. The number of phenols is 1. The molecule has 0 aliphatic carbocycles. The molecule has 8 heteroatoms. The number of fused-ring (bicyclic) bond motifs is 1. The largest absolute Gasteiger partial charge is 0.506 e. The second kappa shape index (κ2) is 9.19. The average molecular weight is 487 g/mol. The number of anilines is 1. The SMILES string of the molecule is Cc1cc(F)cc(-c2cnc3ccc(-c4cc(F)cc(C#N)c4O)cc3c2N2CC[C@H](N)[C@H](O)C2)c1. The second-order valence-electron chi connectivity index (χ2n) is 9.20. The van der Waals surface area contributed by atoms with E-state index in [4.69, 9.17) is 5.73 Å². The molecule has 1 saturated heterocycles. The van der Waals surface area contributed by atoms with Crippen LogP contribution in [0.4, 0.5) is 14.5 Å². The number of benzene rings is 3. The summed E-state index contributed by atoms with van der Waals surface area (Å²) in [7, 11) is 0. The van der Waals surface area contributed by atoms with E-state index in [1.807, 2.05) is 24.0 Å². The van der Waals surface area contributed by atoms with Gasteiger partial charge < -0.3 is 20.8 Å². The van der Waals surface area contributed by atoms with Crippen LogP contribution in [0.2, 0.25) is 0 Å². The zero-order chi connectivity index (χ0) is 25.6. The number of aryl methyl sites for hydroxylation is 1. The van der Waals surface area contributed by atoms with Crippen LogP contribution in [-0.4, -0.2) is 40.4 Å². The van der Waals surface area contributed by atoms with Crippen molar-refractivity contribution in [3.63, 3.8) is 0 Å². The topological polar surface area (TPSA) is 106 Å². The molecule has 0 amide bonds. The maximum absolute atomic E-state index is 14.4. The fourth-order valence-electron chi connectivity index (χ4n) is 4.85. The van der Waals surface area contributed by atoms with E-state index < -0.39 is 11.9 Å². The van der Waals surface area contributed by atoms with Crippen molar-refractivity contribution in [3.05, 3.63) is 77.5 Å². The quantitative estimate of drug-likeness (QED) is 0.390. The van der Waals surface area contributed by atoms with Gasteiger partial charge in [0.1, 0.15) is 23.5 Å². The first-order chi connectivity index (χ1) is 17.2. The monoisotopic (exact) mass is 486 g/mol. The van der Waals surface area contributed by atoms with Gasteiger partial charge in [0.05, 0.1) is 22.9 Å². The summed E-state index contributed by atoms with van der Waals surface area (Å²) in [5.41, 5.74) is 9.96. The second-order valence-corrected chi connectivity index (χ2v) is 9.20. The predicted octanol–water partition coefficient (Wildman–Crippen LogP) is 4.63. The van der Waals surface area contributed by atoms with Gasteiger partial charge in [-0.3, -0.25) is 4.98 Å². The molecule has 36 heavy (non-hydrogen) atoms. The van der Waals surface area contributed by atoms with E-state index in [-0.39, 0.29) is 35.3 Å². The molecule has 3 aromatic carbocycles. The normalized spacial score (nSPS) is 17.8. The number of aliphatic hydroxyl groups is 1. The Morgan fingerprint density at radius 2 is 1.83 bits per heavy atom. The lowest BCUT2D eigenvalue weighted by Gasteiger charge is -2.37. The van der Waals surface area contributed by atoms with Crippen molar-refractivity contribution >= 4 is 16.6 Å². The number of rotatable bonds is 3. The van der Waals surface area contributed by atoms with Crippen LogP contribution in [0.5, 0.6) is 5.75 Å². The first kappa shape index (κ1) is 23.7. The number of hydrogen-bond donors (Lipinski definition) is 3. The van der Waals surface area contributed by atoms with E-state index in [0.717, 1.165) is 17.3 Å². The Kier molecular flexibility index (Phi) is 6.04. The summed E-state index contributed by atoms with van der Waals surface area (Å²) in [6, 6.07) is 13.6. The minimum absolute atomic E-state index is 0.166. The van der Waals surface area contributed by atoms with Crippen LogP contribution in [-0.2, 0) is 0 Å². The molecule has 1 aliphatic heterocycles. The van der Waals surface area contributed by atoms with Gasteiger partial charge >= 0.3 is 0 Å². The first-order valence-corrected chi connectivity index (χ1v) is 11.6. The highest BCUT2D eigenvalue weighted by Crippen LogP contribution is 2.41. The van der Waals surface area contributed by atoms with Gasteiger partial charge in [0.2, 0.25) is 0 Å². The molecule has 4 N–H and O–H groups in total. The predicted molar refractivity (Wildman–Crippen MR) is 134 cm³/mol. The standard InChI is InChI=1S/C28H24F2N4O2/c1-15-6-17(8-19(29)7-15)23-13-33-25-3-2-16(21-11-20(30)9-18(12-31)28(21)36)10-22(25)27(23)34-5-4-24(32)26(35)14-34/h2-3,6-11,13,24,26,35-36H,4-5,14,32H2,1H3/t24-,26+/m0/s1. The number of pyridine rings is 1. The van der Waals surface area contributed by atoms with Crippen molar-refractivity contribution in [1.82, 2.24) is 4.98 Å². The maximum atomic E-state index is 14.4. The number of aromatic hydroxyl groups is 1. The molecule has 2 atom stereocenters. The number of nitrogens with two attached hydrogens (primary N) is 1. The van der Waals surface area contributed by atoms with Gasteiger partial charge in [-0.25, -0.2) is 8.78 Å². The molecule has 0 saturated carbocycles. The van der Waals surface area contributed by atoms with Crippen molar-refractivity contribution in [3.8, 4) is 34.1 Å². The lowest BCUT2D eigenvalue weighted by atomic mass is 9.94. The van der Waals surface area contributed by atoms with E-state index in [1.54, 1.807) is 24.4 Å². The Balaban J connectivity index is 1.78. The van der Waals surface area contributed by atoms with E-state index in [2.05, 4.69) is 4.98 Å². The molecule has 1 aliphatic rings. The van der Waals surface area contributed by atoms with Gasteiger partial charge in [0.15, 0.2) is 0 Å². The smallest absolute Gasteiger partial charge is 0.141 e. The van der Waals surface area contributed by atoms with Gasteiger partial charge in [0, 0.05) is 41.8 Å². The number of hydrogen-bond acceptors (Lipinski definition) is 6. The number of β-amino-alcohol motifs (C(OH)–C–C–N with tert-alkyl or cyclic N) is 1. The number of nitrogens with zero attached hydrogens (tertiary/aromatic N) is 3. The fraction of sp³-hybridized carbons (Fsp3) is 0.214. The zero-order valence-corrected chi connectivity index (χ0v) is 19.5. The van der Waals surface area contributed by atoms with Crippen LogP contribution in [0, 0.1) is 29.9 Å². The number of piperidine rings is 1. The van der Waals surface area contributed by atoms with Crippen molar-refractivity contribution in [2.24, 2.45) is 5.73 Å². The van der Waals surface area contributed by atoms with E-state index in [0.29, 0.717) is 40.6 Å². The van der Waals surface area contributed by atoms with Gasteiger partial charge in [-0.1, -0.05) is 12.1 Å². The fourth-order valence-corrected chi connectivity index (χ4v) is 4.85. The highest BCUT2D eigenvalue weighted by molar-refractivity contribution is 6.02. The molecule has 6 nitrogen and oxygen atoms in total. The molecule has 2 heterocycles. The Morgan fingerprint density at radius 1 is 1.06 bits per heavy atom. The summed E-state index contributed by atoms with van der Waals surface area (Å²) < 4.78 is 28.6. The molecule has 1 aromatic heterocycles. The number of phenolic OH excluding ortho intramolecular Hbond substituents is 1. The van der Waals surface area contributed by atoms with Crippen LogP contribution >= 0.6 is 0 Å². The highest BCUT2D eigenvalue weighted by atomic mass is 19.1. The van der Waals surface area contributed by atoms with E-state index >= 15 is 0 Å². The third kappa shape index (κ3) is 4.24. The lowest BCUT2D eigenvalue weighted by molar-refractivity contribution is 0.132. The van der Waals surface area contributed by atoms with Crippen LogP contribution in [0.25, 0.3) is 33.2 Å². The summed E-state index contributed by atoms with van der Waals surface area (Å²) in [6.45, 7) is 2.64. The molecule has 0 spiro atoms. The summed E-state index contributed by atoms with van der Waals surface area (Å²) in [6.07, 6.45) is 1.49. The minimum Gasteiger partial charge on any atom is -0.506 e. The van der Waals surface area contributed by atoms with Gasteiger partial charge in [-0.05, 0) is 66.4 Å². The highest BCUT2D eigenvalue weighted by Gasteiger charge is 2.28. The van der Waals surface area contributed by atoms with Gasteiger partial charge in [-0.2, -0.15) is 5.26 Å². The summed E-state index contributed by atoms with van der Waals surface area (Å²) in [4.78, 5) is 6.59. The van der Waals surface area contributed by atoms with E-state index in [9.17, 15) is 24.3 Å². The molecular weight excluding hydrogens is 462 g/mol. The van der Waals surface area contributed by atoms with Crippen LogP contribution in [0.1, 0.15) is 17.5 Å². The first-order valence-electron chi connectivity index (χ1n) is 11.6. The van der Waals surface area contributed by atoms with Crippen LogP contribution in [0.3, 0.4) is 0 Å². The number of aliphatic hydroxyl groups excluding tert-OH is 1. The number of aromatic nitrogens is 1. The molecule has 182 valence electrons. The van der Waals surface area contributed by atoms with Crippen molar-refractivity contribution in [1.29, 1.82) is 5.26 Å². The third-order valence-corrected chi connectivity index (χ3v) is 6.65. The number of nitriles is 1. The van der Waals surface area contributed by atoms with Gasteiger partial charge in [0.25, 0.3) is 0 Å². The van der Waals surface area contributed by atoms with Crippen molar-refractivity contribution in [2.75, 3.05) is 18.0 Å². The lowest BCUT2D eigenvalue weighted by Crippen LogP contribution is -2.50.